The summed E-state index contributed by atoms with van der Waals surface area (Å²) >= 11 is 0. The zero-order chi connectivity index (χ0) is 29.9. The summed E-state index contributed by atoms with van der Waals surface area (Å²) < 4.78 is 74.4. The Bertz CT molecular complexity index is 1440. The van der Waals surface area contributed by atoms with Crippen LogP contribution < -0.4 is 19.1 Å². The first-order chi connectivity index (χ1) is 20.2. The fourth-order valence-corrected chi connectivity index (χ4v) is 6.44. The molecule has 3 atom stereocenters. The van der Waals surface area contributed by atoms with Crippen molar-refractivity contribution in [1.29, 1.82) is 0 Å². The second-order valence-electron chi connectivity index (χ2n) is 10.1. The Labute approximate surface area is 243 Å². The molecule has 14 nitrogen and oxygen atoms in total. The van der Waals surface area contributed by atoms with Gasteiger partial charge in [0, 0.05) is 13.1 Å². The zero-order valence-corrected chi connectivity index (χ0v) is 24.6. The van der Waals surface area contributed by atoms with Crippen molar-refractivity contribution in [3.05, 3.63) is 42.2 Å². The number of nitrogens with one attached hydrogen (secondary N) is 1. The first-order valence-electron chi connectivity index (χ1n) is 13.5. The number of ether oxygens (including phenoxy) is 5. The third-order valence-electron chi connectivity index (χ3n) is 6.82. The number of hydrogen-bond donors (Lipinski definition) is 1. The van der Waals surface area contributed by atoms with E-state index in [-0.39, 0.29) is 37.6 Å². The molecule has 4 heterocycles. The fraction of sp³-hybridized carbons (Fsp3) is 0.538. The molecule has 1 aromatic carbocycles. The van der Waals surface area contributed by atoms with Crippen molar-refractivity contribution in [2.45, 2.75) is 43.8 Å². The minimum atomic E-state index is -4.12. The van der Waals surface area contributed by atoms with Gasteiger partial charge in [-0.05, 0) is 32.4 Å². The number of piperidine rings is 1. The molecule has 0 spiro atoms. The topological polar surface area (TPSA) is 152 Å². The molecule has 0 bridgehead atoms. The Morgan fingerprint density at radius 3 is 2.40 bits per heavy atom. The van der Waals surface area contributed by atoms with E-state index in [1.807, 2.05) is 13.8 Å². The predicted molar refractivity (Wildman–Crippen MR) is 149 cm³/mol. The smallest absolute Gasteiger partial charge is 0.243 e. The van der Waals surface area contributed by atoms with E-state index in [9.17, 15) is 12.8 Å². The van der Waals surface area contributed by atoms with Crippen LogP contribution in [0.1, 0.15) is 32.2 Å². The molecule has 16 heteroatoms. The average molecular weight is 608 g/mol. The van der Waals surface area contributed by atoms with Gasteiger partial charge in [0.15, 0.2) is 11.6 Å². The number of hydrogen-bond acceptors (Lipinski definition) is 12. The Morgan fingerprint density at radius 1 is 1.07 bits per heavy atom. The molecular formula is C26H34FN7O7S. The summed E-state index contributed by atoms with van der Waals surface area (Å²) in [7, 11) is -1.13. The van der Waals surface area contributed by atoms with E-state index in [4.69, 9.17) is 23.7 Å². The lowest BCUT2D eigenvalue weighted by atomic mass is 10.1. The lowest BCUT2D eigenvalue weighted by Gasteiger charge is -2.37. The van der Waals surface area contributed by atoms with Crippen molar-refractivity contribution >= 4 is 21.9 Å². The SMILES string of the molecule is COc1cccc(OC)c1-n1c(NS(=O)(=O)[C@H]2C[C@@H](OC(C)C)CN(c3ncc(F)cn3)C2)nnc1[C@@H]1COCCO1. The van der Waals surface area contributed by atoms with Crippen molar-refractivity contribution in [1.82, 2.24) is 24.7 Å². The first kappa shape index (κ1) is 29.9. The second kappa shape index (κ2) is 12.7. The minimum Gasteiger partial charge on any atom is -0.494 e. The van der Waals surface area contributed by atoms with Gasteiger partial charge in [-0.15, -0.1) is 10.2 Å². The van der Waals surface area contributed by atoms with Crippen LogP contribution in [-0.4, -0.2) is 97.7 Å². The number of para-hydroxylation sites is 1. The number of benzene rings is 1. The Kier molecular flexibility index (Phi) is 9.05. The number of halogens is 1. The molecule has 0 saturated carbocycles. The molecule has 2 saturated heterocycles. The fourth-order valence-electron chi connectivity index (χ4n) is 5.04. The summed E-state index contributed by atoms with van der Waals surface area (Å²) in [4.78, 5) is 9.78. The monoisotopic (exact) mass is 607 g/mol. The van der Waals surface area contributed by atoms with Crippen LogP contribution in [0.3, 0.4) is 0 Å². The summed E-state index contributed by atoms with van der Waals surface area (Å²) in [6.45, 7) is 5.09. The van der Waals surface area contributed by atoms with Crippen LogP contribution >= 0.6 is 0 Å². The summed E-state index contributed by atoms with van der Waals surface area (Å²) in [5.41, 5.74) is 0.389. The largest absolute Gasteiger partial charge is 0.494 e. The molecule has 0 unspecified atom stereocenters. The highest BCUT2D eigenvalue weighted by molar-refractivity contribution is 7.93. The molecule has 1 N–H and O–H groups in total. The minimum absolute atomic E-state index is 0.0392. The molecule has 42 heavy (non-hydrogen) atoms. The van der Waals surface area contributed by atoms with E-state index >= 15 is 0 Å². The van der Waals surface area contributed by atoms with Crippen LogP contribution in [0.5, 0.6) is 11.5 Å². The lowest BCUT2D eigenvalue weighted by molar-refractivity contribution is -0.0941. The lowest BCUT2D eigenvalue weighted by Crippen LogP contribution is -2.51. The third-order valence-corrected chi connectivity index (χ3v) is 8.50. The van der Waals surface area contributed by atoms with E-state index < -0.39 is 33.3 Å². The molecule has 228 valence electrons. The number of rotatable bonds is 10. The van der Waals surface area contributed by atoms with Crippen LogP contribution in [0.25, 0.3) is 5.69 Å². The van der Waals surface area contributed by atoms with Crippen LogP contribution in [0.2, 0.25) is 0 Å². The maximum absolute atomic E-state index is 14.0. The summed E-state index contributed by atoms with van der Waals surface area (Å²) in [6, 6.07) is 5.18. The van der Waals surface area contributed by atoms with Crippen LogP contribution in [0, 0.1) is 5.82 Å². The van der Waals surface area contributed by atoms with Crippen LogP contribution in [0.4, 0.5) is 16.3 Å². The molecular weight excluding hydrogens is 573 g/mol. The molecule has 2 aliphatic rings. The number of nitrogens with zero attached hydrogens (tertiary/aromatic N) is 6. The molecule has 0 aliphatic carbocycles. The highest BCUT2D eigenvalue weighted by atomic mass is 32.2. The Hall–Kier alpha value is -3.60. The van der Waals surface area contributed by atoms with E-state index in [1.165, 1.54) is 18.8 Å². The van der Waals surface area contributed by atoms with Gasteiger partial charge < -0.3 is 28.6 Å². The summed E-state index contributed by atoms with van der Waals surface area (Å²) in [5.74, 6) is 0.628. The molecule has 2 aromatic heterocycles. The standard InChI is InChI=1S/C26H34FN7O7S/c1-16(2)41-18-10-19(14-33(13-18)25-28-11-17(27)12-29-25)42(35,36)32-26-31-30-24(22-15-39-8-9-40-22)34(26)23-20(37-3)6-5-7-21(23)38-4/h5-7,11-12,16,18-19,22H,8-10,13-15H2,1-4H3,(H,31,32)/t18-,19+,22+/m1/s1. The number of methoxy groups -OCH3 is 2. The molecule has 2 aliphatic heterocycles. The maximum atomic E-state index is 14.0. The highest BCUT2D eigenvalue weighted by Gasteiger charge is 2.39. The molecule has 3 aromatic rings. The molecule has 0 radical (unpaired) electrons. The Balaban J connectivity index is 1.53. The zero-order valence-electron chi connectivity index (χ0n) is 23.8. The molecule has 0 amide bonds. The van der Waals surface area contributed by atoms with Gasteiger partial charge in [0.1, 0.15) is 28.5 Å². The van der Waals surface area contributed by atoms with Crippen molar-refractivity contribution in [3.63, 3.8) is 0 Å². The third kappa shape index (κ3) is 6.40. The van der Waals surface area contributed by atoms with E-state index in [0.29, 0.717) is 42.8 Å². The number of sulfonamides is 1. The second-order valence-corrected chi connectivity index (χ2v) is 12.0. The first-order valence-corrected chi connectivity index (χ1v) is 15.0. The van der Waals surface area contributed by atoms with Gasteiger partial charge in [0.2, 0.25) is 21.9 Å². The van der Waals surface area contributed by atoms with Crippen LogP contribution in [0.15, 0.2) is 30.6 Å². The normalized spacial score (nSPS) is 21.4. The van der Waals surface area contributed by atoms with Gasteiger partial charge in [-0.2, -0.15) is 0 Å². The summed E-state index contributed by atoms with van der Waals surface area (Å²) in [6.07, 6.45) is 1.05. The van der Waals surface area contributed by atoms with Crippen molar-refractivity contribution < 1.29 is 36.5 Å². The highest BCUT2D eigenvalue weighted by Crippen LogP contribution is 2.38. The van der Waals surface area contributed by atoms with Gasteiger partial charge in [-0.25, -0.2) is 22.8 Å². The quantitative estimate of drug-likeness (QED) is 0.359. The van der Waals surface area contributed by atoms with E-state index in [2.05, 4.69) is 24.9 Å². The van der Waals surface area contributed by atoms with Gasteiger partial charge >= 0.3 is 0 Å². The van der Waals surface area contributed by atoms with Gasteiger partial charge in [-0.3, -0.25) is 9.29 Å². The van der Waals surface area contributed by atoms with Crippen molar-refractivity contribution in [2.75, 3.05) is 56.8 Å². The Morgan fingerprint density at radius 2 is 1.79 bits per heavy atom. The molecule has 5 rings (SSSR count). The summed E-state index contributed by atoms with van der Waals surface area (Å²) in [5, 5.41) is 7.55. The van der Waals surface area contributed by atoms with Crippen molar-refractivity contribution in [3.8, 4) is 17.2 Å². The number of aromatic nitrogens is 5. The number of anilines is 2. The predicted octanol–water partition coefficient (Wildman–Crippen LogP) is 2.12. The van der Waals surface area contributed by atoms with Gasteiger partial charge in [0.05, 0.1) is 58.6 Å². The van der Waals surface area contributed by atoms with E-state index in [0.717, 1.165) is 12.4 Å². The van der Waals surface area contributed by atoms with Crippen LogP contribution in [-0.2, 0) is 24.2 Å². The van der Waals surface area contributed by atoms with Gasteiger partial charge in [-0.1, -0.05) is 6.07 Å². The van der Waals surface area contributed by atoms with E-state index in [1.54, 1.807) is 23.1 Å². The van der Waals surface area contributed by atoms with Gasteiger partial charge in [0.25, 0.3) is 0 Å². The maximum Gasteiger partial charge on any atom is 0.243 e. The average Bonchev–Trinajstić information content (AvgIpc) is 3.39. The molecule has 2 fully saturated rings. The van der Waals surface area contributed by atoms with Crippen molar-refractivity contribution in [2.24, 2.45) is 0 Å².